The van der Waals surface area contributed by atoms with Gasteiger partial charge < -0.3 is 20.1 Å². The molecule has 1 aromatic carbocycles. The largest absolute Gasteiger partial charge is 0.497 e. The molecule has 2 rings (SSSR count). The summed E-state index contributed by atoms with van der Waals surface area (Å²) in [4.78, 5) is 25.1. The highest BCUT2D eigenvalue weighted by molar-refractivity contribution is 5.92. The van der Waals surface area contributed by atoms with Crippen molar-refractivity contribution in [1.82, 2.24) is 4.90 Å². The van der Waals surface area contributed by atoms with Crippen LogP contribution < -0.4 is 15.2 Å². The Kier molecular flexibility index (Phi) is 5.62. The molecule has 0 radical (unpaired) electrons. The van der Waals surface area contributed by atoms with Crippen LogP contribution in [-0.2, 0) is 9.59 Å². The van der Waals surface area contributed by atoms with Gasteiger partial charge in [-0.15, -0.1) is 0 Å². The van der Waals surface area contributed by atoms with Crippen molar-refractivity contribution in [2.75, 3.05) is 27.3 Å². The molecule has 1 aliphatic rings. The van der Waals surface area contributed by atoms with E-state index in [4.69, 9.17) is 15.2 Å². The zero-order valence-electron chi connectivity index (χ0n) is 13.5. The Labute approximate surface area is 135 Å². The van der Waals surface area contributed by atoms with E-state index in [1.807, 2.05) is 12.1 Å². The molecule has 0 unspecified atom stereocenters. The van der Waals surface area contributed by atoms with Gasteiger partial charge in [-0.25, -0.2) is 0 Å². The Morgan fingerprint density at radius 3 is 2.48 bits per heavy atom. The number of amides is 2. The van der Waals surface area contributed by atoms with E-state index in [9.17, 15) is 9.59 Å². The number of benzene rings is 1. The summed E-state index contributed by atoms with van der Waals surface area (Å²) in [7, 11) is 3.16. The maximum absolute atomic E-state index is 12.2. The summed E-state index contributed by atoms with van der Waals surface area (Å²) in [5.74, 6) is 0.853. The highest BCUT2D eigenvalue weighted by Gasteiger charge is 2.24. The van der Waals surface area contributed by atoms with E-state index in [1.54, 1.807) is 31.3 Å². The maximum Gasteiger partial charge on any atom is 0.246 e. The van der Waals surface area contributed by atoms with Gasteiger partial charge in [-0.05, 0) is 31.1 Å². The Hall–Kier alpha value is -2.50. The minimum atomic E-state index is -0.282. The van der Waals surface area contributed by atoms with Crippen molar-refractivity contribution in [2.24, 2.45) is 11.7 Å². The standard InChI is InChI=1S/C17H22N2O4/c1-22-14-5-3-12(15(11-14)23-2)4-6-16(20)19-9-7-13(8-10-19)17(18)21/h3-6,11,13H,7-10H2,1-2H3,(H2,18,21)/b6-4+. The third kappa shape index (κ3) is 4.25. The van der Waals surface area contributed by atoms with Gasteiger partial charge in [0.1, 0.15) is 11.5 Å². The molecule has 0 spiro atoms. The number of hydrogen-bond acceptors (Lipinski definition) is 4. The second-order valence-corrected chi connectivity index (χ2v) is 5.44. The molecule has 0 aromatic heterocycles. The van der Waals surface area contributed by atoms with Crippen molar-refractivity contribution >= 4 is 17.9 Å². The number of rotatable bonds is 5. The van der Waals surface area contributed by atoms with Gasteiger partial charge >= 0.3 is 0 Å². The topological polar surface area (TPSA) is 81.9 Å². The summed E-state index contributed by atoms with van der Waals surface area (Å²) >= 11 is 0. The molecule has 1 aromatic rings. The molecule has 2 N–H and O–H groups in total. The van der Waals surface area contributed by atoms with Crippen LogP contribution in [0.2, 0.25) is 0 Å². The lowest BCUT2D eigenvalue weighted by Crippen LogP contribution is -2.41. The predicted molar refractivity (Wildman–Crippen MR) is 87.1 cm³/mol. The first-order chi connectivity index (χ1) is 11.0. The third-order valence-corrected chi connectivity index (χ3v) is 4.06. The lowest BCUT2D eigenvalue weighted by Gasteiger charge is -2.29. The molecule has 0 aliphatic carbocycles. The highest BCUT2D eigenvalue weighted by Crippen LogP contribution is 2.25. The van der Waals surface area contributed by atoms with Gasteiger partial charge in [-0.2, -0.15) is 0 Å². The van der Waals surface area contributed by atoms with Crippen LogP contribution in [0.4, 0.5) is 0 Å². The molecule has 124 valence electrons. The number of nitrogens with two attached hydrogens (primary N) is 1. The summed E-state index contributed by atoms with van der Waals surface area (Å²) in [6, 6.07) is 5.41. The molecule has 2 amide bonds. The number of methoxy groups -OCH3 is 2. The van der Waals surface area contributed by atoms with E-state index in [1.165, 1.54) is 6.08 Å². The number of ether oxygens (including phenoxy) is 2. The third-order valence-electron chi connectivity index (χ3n) is 4.06. The van der Waals surface area contributed by atoms with Gasteiger partial charge in [0.05, 0.1) is 14.2 Å². The Morgan fingerprint density at radius 1 is 1.22 bits per heavy atom. The molecular formula is C17H22N2O4. The number of nitrogens with zero attached hydrogens (tertiary/aromatic N) is 1. The fraction of sp³-hybridized carbons (Fsp3) is 0.412. The molecule has 6 nitrogen and oxygen atoms in total. The normalized spacial score (nSPS) is 15.7. The van der Waals surface area contributed by atoms with Crippen LogP contribution in [0.15, 0.2) is 24.3 Å². The lowest BCUT2D eigenvalue weighted by molar-refractivity contribution is -0.130. The average molecular weight is 318 g/mol. The van der Waals surface area contributed by atoms with Crippen molar-refractivity contribution in [3.05, 3.63) is 29.8 Å². The maximum atomic E-state index is 12.2. The van der Waals surface area contributed by atoms with Crippen LogP contribution in [0.3, 0.4) is 0 Å². The first kappa shape index (κ1) is 16.9. The Morgan fingerprint density at radius 2 is 1.91 bits per heavy atom. The molecule has 1 fully saturated rings. The molecule has 6 heteroatoms. The monoisotopic (exact) mass is 318 g/mol. The number of likely N-dealkylation sites (tertiary alicyclic amines) is 1. The van der Waals surface area contributed by atoms with Crippen LogP contribution in [0.1, 0.15) is 18.4 Å². The zero-order valence-corrected chi connectivity index (χ0v) is 13.5. The molecule has 1 heterocycles. The van der Waals surface area contributed by atoms with Gasteiger partial charge in [0.25, 0.3) is 0 Å². The number of carbonyl (C=O) groups excluding carboxylic acids is 2. The molecule has 1 aliphatic heterocycles. The summed E-state index contributed by atoms with van der Waals surface area (Å²) in [5, 5.41) is 0. The Bertz CT molecular complexity index is 605. The number of primary amides is 1. The summed E-state index contributed by atoms with van der Waals surface area (Å²) in [6.45, 7) is 1.10. The second kappa shape index (κ2) is 7.67. The van der Waals surface area contributed by atoms with Gasteiger partial charge in [-0.1, -0.05) is 0 Å². The highest BCUT2D eigenvalue weighted by atomic mass is 16.5. The lowest BCUT2D eigenvalue weighted by atomic mass is 9.96. The van der Waals surface area contributed by atoms with Crippen molar-refractivity contribution in [1.29, 1.82) is 0 Å². The minimum absolute atomic E-state index is 0.0780. The van der Waals surface area contributed by atoms with E-state index in [-0.39, 0.29) is 17.7 Å². The summed E-state index contributed by atoms with van der Waals surface area (Å²) in [6.07, 6.45) is 4.50. The van der Waals surface area contributed by atoms with Gasteiger partial charge in [0, 0.05) is 36.7 Å². The fourth-order valence-corrected chi connectivity index (χ4v) is 2.61. The zero-order chi connectivity index (χ0) is 16.8. The van der Waals surface area contributed by atoms with E-state index in [2.05, 4.69) is 0 Å². The predicted octanol–water partition coefficient (Wildman–Crippen LogP) is 1.44. The molecule has 0 atom stereocenters. The van der Waals surface area contributed by atoms with Crippen LogP contribution in [0.25, 0.3) is 6.08 Å². The molecule has 23 heavy (non-hydrogen) atoms. The van der Waals surface area contributed by atoms with Crippen LogP contribution in [0, 0.1) is 5.92 Å². The first-order valence-electron chi connectivity index (χ1n) is 7.53. The van der Waals surface area contributed by atoms with E-state index >= 15 is 0 Å². The van der Waals surface area contributed by atoms with Crippen LogP contribution >= 0.6 is 0 Å². The van der Waals surface area contributed by atoms with Gasteiger partial charge in [0.15, 0.2) is 0 Å². The number of carbonyl (C=O) groups is 2. The Balaban J connectivity index is 2.00. The SMILES string of the molecule is COc1ccc(/C=C/C(=O)N2CCC(C(N)=O)CC2)c(OC)c1. The van der Waals surface area contributed by atoms with Crippen LogP contribution in [0.5, 0.6) is 11.5 Å². The smallest absolute Gasteiger partial charge is 0.246 e. The van der Waals surface area contributed by atoms with Crippen molar-refractivity contribution < 1.29 is 19.1 Å². The van der Waals surface area contributed by atoms with E-state index in [0.717, 1.165) is 5.56 Å². The quantitative estimate of drug-likeness (QED) is 0.833. The molecule has 0 saturated carbocycles. The van der Waals surface area contributed by atoms with Crippen molar-refractivity contribution in [3.8, 4) is 11.5 Å². The van der Waals surface area contributed by atoms with Crippen molar-refractivity contribution in [2.45, 2.75) is 12.8 Å². The second-order valence-electron chi connectivity index (χ2n) is 5.44. The minimum Gasteiger partial charge on any atom is -0.497 e. The first-order valence-corrected chi connectivity index (χ1v) is 7.53. The van der Waals surface area contributed by atoms with E-state index in [0.29, 0.717) is 37.4 Å². The van der Waals surface area contributed by atoms with E-state index < -0.39 is 0 Å². The molecule has 1 saturated heterocycles. The molecular weight excluding hydrogens is 296 g/mol. The number of hydrogen-bond donors (Lipinski definition) is 1. The summed E-state index contributed by atoms with van der Waals surface area (Å²) < 4.78 is 10.4. The molecule has 0 bridgehead atoms. The van der Waals surface area contributed by atoms with Gasteiger partial charge in [-0.3, -0.25) is 9.59 Å². The van der Waals surface area contributed by atoms with Crippen molar-refractivity contribution in [3.63, 3.8) is 0 Å². The van der Waals surface area contributed by atoms with Gasteiger partial charge in [0.2, 0.25) is 11.8 Å². The average Bonchev–Trinajstić information content (AvgIpc) is 2.59. The number of piperidine rings is 1. The van der Waals surface area contributed by atoms with Crippen LogP contribution in [-0.4, -0.2) is 44.0 Å². The fourth-order valence-electron chi connectivity index (χ4n) is 2.61. The summed E-state index contributed by atoms with van der Waals surface area (Å²) in [5.41, 5.74) is 6.10.